The first kappa shape index (κ1) is 14.0. The van der Waals surface area contributed by atoms with E-state index in [9.17, 15) is 0 Å². The number of fused-ring (bicyclic) bond motifs is 3. The molecular formula is C17H12N10+2. The molecule has 0 amide bonds. The van der Waals surface area contributed by atoms with Gasteiger partial charge < -0.3 is 0 Å². The van der Waals surface area contributed by atoms with E-state index in [0.717, 1.165) is 17.0 Å². The van der Waals surface area contributed by atoms with Crippen LogP contribution in [0.5, 0.6) is 0 Å². The summed E-state index contributed by atoms with van der Waals surface area (Å²) < 4.78 is 8.95. The molecule has 0 spiro atoms. The lowest BCUT2D eigenvalue weighted by Crippen LogP contribution is -2.33. The van der Waals surface area contributed by atoms with Gasteiger partial charge in [0, 0.05) is 24.4 Å². The Bertz CT molecular complexity index is 1410. The molecule has 10 nitrogen and oxygen atoms in total. The van der Waals surface area contributed by atoms with Crippen LogP contribution in [0, 0.1) is 0 Å². The van der Waals surface area contributed by atoms with E-state index in [1.54, 1.807) is 38.9 Å². The number of hydrogen-bond acceptors (Lipinski definition) is 5. The van der Waals surface area contributed by atoms with Crippen LogP contribution in [0.15, 0.2) is 74.1 Å². The normalized spacial score (nSPS) is 11.7. The maximum Gasteiger partial charge on any atom is 0.306 e. The first-order valence-corrected chi connectivity index (χ1v) is 8.26. The minimum atomic E-state index is 0.687. The van der Waals surface area contributed by atoms with Gasteiger partial charge in [0.05, 0.1) is 17.5 Å². The lowest BCUT2D eigenvalue weighted by Gasteiger charge is -1.91. The summed E-state index contributed by atoms with van der Waals surface area (Å²) >= 11 is 0. The van der Waals surface area contributed by atoms with Crippen LogP contribution in [-0.4, -0.2) is 38.9 Å². The highest BCUT2D eigenvalue weighted by Crippen LogP contribution is 2.07. The van der Waals surface area contributed by atoms with E-state index >= 15 is 0 Å². The van der Waals surface area contributed by atoms with E-state index in [4.69, 9.17) is 0 Å². The van der Waals surface area contributed by atoms with Crippen molar-refractivity contribution in [3.63, 3.8) is 0 Å². The Hall–Kier alpha value is -4.21. The van der Waals surface area contributed by atoms with Crippen LogP contribution in [0.25, 0.3) is 28.4 Å². The molecule has 128 valence electrons. The highest BCUT2D eigenvalue weighted by atomic mass is 15.4. The molecule has 0 radical (unpaired) electrons. The molecule has 0 saturated heterocycles. The molecule has 0 bridgehead atoms. The largest absolute Gasteiger partial charge is 0.306 e. The minimum Gasteiger partial charge on any atom is -0.277 e. The van der Waals surface area contributed by atoms with Gasteiger partial charge in [0.25, 0.3) is 11.5 Å². The quantitative estimate of drug-likeness (QED) is 0.407. The second kappa shape index (κ2) is 5.14. The molecule has 0 saturated carbocycles. The third kappa shape index (κ3) is 2.16. The van der Waals surface area contributed by atoms with Gasteiger partial charge in [0.1, 0.15) is 12.5 Å². The van der Waals surface area contributed by atoms with Gasteiger partial charge in [-0.25, -0.2) is 9.38 Å². The SMILES string of the molecule is c1cc[n+]2cn(-c3cnn4c[n+](-c5ccn6cncc6n5)nc4c3)nc2c1. The standard InChI is InChI=1S/C17H12N10/c1-2-5-24-11-25(21-15(24)3-1)13-7-16-22-27(12-26(16)19-8-13)14-4-6-23-10-18-9-17(23)20-14/h1-12H/q+2. The molecule has 6 aromatic rings. The van der Waals surface area contributed by atoms with Crippen LogP contribution in [0.4, 0.5) is 0 Å². The zero-order chi connectivity index (χ0) is 17.8. The Morgan fingerprint density at radius 2 is 2.00 bits per heavy atom. The smallest absolute Gasteiger partial charge is 0.277 e. The van der Waals surface area contributed by atoms with Gasteiger partial charge in [0.2, 0.25) is 18.3 Å². The lowest BCUT2D eigenvalue weighted by molar-refractivity contribution is -0.659. The number of rotatable bonds is 2. The van der Waals surface area contributed by atoms with Crippen LogP contribution < -0.4 is 9.08 Å². The van der Waals surface area contributed by atoms with Gasteiger partial charge in [-0.2, -0.15) is 0 Å². The molecule has 6 aromatic heterocycles. The van der Waals surface area contributed by atoms with Gasteiger partial charge in [-0.15, -0.1) is 14.3 Å². The predicted molar refractivity (Wildman–Crippen MR) is 91.3 cm³/mol. The first-order chi connectivity index (χ1) is 13.3. The van der Waals surface area contributed by atoms with Gasteiger partial charge in [-0.05, 0) is 6.07 Å². The molecule has 27 heavy (non-hydrogen) atoms. The number of pyridine rings is 1. The Kier molecular flexibility index (Phi) is 2.67. The third-order valence-electron chi connectivity index (χ3n) is 4.32. The zero-order valence-corrected chi connectivity index (χ0v) is 13.9. The van der Waals surface area contributed by atoms with Crippen molar-refractivity contribution in [2.24, 2.45) is 0 Å². The van der Waals surface area contributed by atoms with Crippen LogP contribution in [0.3, 0.4) is 0 Å². The first-order valence-electron chi connectivity index (χ1n) is 8.26. The van der Waals surface area contributed by atoms with Crippen molar-refractivity contribution < 1.29 is 9.08 Å². The maximum absolute atomic E-state index is 4.59. The molecule has 0 aliphatic rings. The number of imidazole rings is 1. The Balaban J connectivity index is 1.46. The van der Waals surface area contributed by atoms with E-state index in [1.807, 2.05) is 57.9 Å². The fourth-order valence-corrected chi connectivity index (χ4v) is 2.99. The van der Waals surface area contributed by atoms with E-state index in [-0.39, 0.29) is 0 Å². The fraction of sp³-hybridized carbons (Fsp3) is 0. The van der Waals surface area contributed by atoms with Gasteiger partial charge in [0.15, 0.2) is 5.69 Å². The second-order valence-corrected chi connectivity index (χ2v) is 6.05. The van der Waals surface area contributed by atoms with Crippen LogP contribution in [-0.2, 0) is 0 Å². The van der Waals surface area contributed by atoms with Crippen LogP contribution in [0.1, 0.15) is 0 Å². The average Bonchev–Trinajstić information content (AvgIpc) is 3.42. The van der Waals surface area contributed by atoms with E-state index < -0.39 is 0 Å². The highest BCUT2D eigenvalue weighted by molar-refractivity contribution is 5.44. The number of hydrogen-bond donors (Lipinski definition) is 0. The van der Waals surface area contributed by atoms with Crippen molar-refractivity contribution in [2.45, 2.75) is 0 Å². The average molecular weight is 356 g/mol. The Labute approximate surface area is 151 Å². The molecule has 0 aromatic carbocycles. The summed E-state index contributed by atoms with van der Waals surface area (Å²) in [6.45, 7) is 0. The molecule has 6 heterocycles. The summed E-state index contributed by atoms with van der Waals surface area (Å²) in [7, 11) is 0. The summed E-state index contributed by atoms with van der Waals surface area (Å²) in [5.41, 5.74) is 3.12. The summed E-state index contributed by atoms with van der Waals surface area (Å²) in [5.74, 6) is 0.690. The molecule has 10 heteroatoms. The van der Waals surface area contributed by atoms with Crippen molar-refractivity contribution in [3.8, 4) is 11.5 Å². The van der Waals surface area contributed by atoms with Gasteiger partial charge >= 0.3 is 5.65 Å². The highest BCUT2D eigenvalue weighted by Gasteiger charge is 2.17. The summed E-state index contributed by atoms with van der Waals surface area (Å²) in [6.07, 6.45) is 12.7. The van der Waals surface area contributed by atoms with E-state index in [2.05, 4.69) is 25.3 Å². The molecule has 0 unspecified atom stereocenters. The fourth-order valence-electron chi connectivity index (χ4n) is 2.99. The maximum atomic E-state index is 4.59. The van der Waals surface area contributed by atoms with Crippen molar-refractivity contribution in [1.29, 1.82) is 0 Å². The van der Waals surface area contributed by atoms with Crippen molar-refractivity contribution in [2.75, 3.05) is 0 Å². The van der Waals surface area contributed by atoms with Crippen molar-refractivity contribution in [3.05, 3.63) is 74.1 Å². The molecule has 0 atom stereocenters. The summed E-state index contributed by atoms with van der Waals surface area (Å²) in [4.78, 5) is 8.63. The Morgan fingerprint density at radius 3 is 2.96 bits per heavy atom. The number of aromatic nitrogens is 10. The number of nitrogens with zero attached hydrogens (tertiary/aromatic N) is 10. The topological polar surface area (TPSA) is 86.2 Å². The monoisotopic (exact) mass is 356 g/mol. The third-order valence-corrected chi connectivity index (χ3v) is 4.32. The minimum absolute atomic E-state index is 0.687. The van der Waals surface area contributed by atoms with E-state index in [1.165, 1.54) is 0 Å². The van der Waals surface area contributed by atoms with Crippen molar-refractivity contribution >= 4 is 16.9 Å². The van der Waals surface area contributed by atoms with E-state index in [0.29, 0.717) is 11.5 Å². The molecule has 0 aliphatic heterocycles. The van der Waals surface area contributed by atoms with Crippen LogP contribution >= 0.6 is 0 Å². The molecule has 0 N–H and O–H groups in total. The zero-order valence-electron chi connectivity index (χ0n) is 13.9. The van der Waals surface area contributed by atoms with Gasteiger partial charge in [-0.3, -0.25) is 4.40 Å². The molecule has 6 rings (SSSR count). The summed E-state index contributed by atoms with van der Waals surface area (Å²) in [6, 6.07) is 9.66. The van der Waals surface area contributed by atoms with Crippen LogP contribution in [0.2, 0.25) is 0 Å². The summed E-state index contributed by atoms with van der Waals surface area (Å²) in [5, 5.41) is 13.6. The molecule has 0 aliphatic carbocycles. The second-order valence-electron chi connectivity index (χ2n) is 6.05. The Morgan fingerprint density at radius 1 is 1.00 bits per heavy atom. The molecular weight excluding hydrogens is 344 g/mol. The van der Waals surface area contributed by atoms with Gasteiger partial charge in [-0.1, -0.05) is 20.8 Å². The molecule has 0 fully saturated rings. The predicted octanol–water partition coefficient (Wildman–Crippen LogP) is -0.0269. The lowest BCUT2D eigenvalue weighted by atomic mass is 10.5. The van der Waals surface area contributed by atoms with Crippen molar-refractivity contribution in [1.82, 2.24) is 38.9 Å².